The molecule has 0 spiro atoms. The normalized spacial score (nSPS) is 10.2. The molecule has 3 nitrogen and oxygen atoms in total. The van der Waals surface area contributed by atoms with Crippen LogP contribution in [0.2, 0.25) is 0 Å². The van der Waals surface area contributed by atoms with Crippen molar-refractivity contribution in [2.24, 2.45) is 0 Å². The third kappa shape index (κ3) is 2.59. The summed E-state index contributed by atoms with van der Waals surface area (Å²) in [6, 6.07) is 9.25. The Morgan fingerprint density at radius 1 is 1.22 bits per heavy atom. The molecular formula is C14H13BrN2O. The lowest BCUT2D eigenvalue weighted by Gasteiger charge is -2.09. The SMILES string of the molecule is Cc1cccc(C(=O)Nc2cccnc2C)c1Br. The number of halogens is 1. The lowest BCUT2D eigenvalue weighted by molar-refractivity contribution is 0.102. The fraction of sp³-hybridized carbons (Fsp3) is 0.143. The molecule has 2 aromatic rings. The van der Waals surface area contributed by atoms with E-state index in [2.05, 4.69) is 26.2 Å². The smallest absolute Gasteiger partial charge is 0.256 e. The maximum Gasteiger partial charge on any atom is 0.256 e. The van der Waals surface area contributed by atoms with Crippen LogP contribution in [-0.4, -0.2) is 10.9 Å². The number of hydrogen-bond acceptors (Lipinski definition) is 2. The number of amides is 1. The van der Waals surface area contributed by atoms with Gasteiger partial charge in [-0.15, -0.1) is 0 Å². The lowest BCUT2D eigenvalue weighted by Crippen LogP contribution is -2.14. The van der Waals surface area contributed by atoms with Gasteiger partial charge in [0.2, 0.25) is 0 Å². The van der Waals surface area contributed by atoms with Crippen molar-refractivity contribution >= 4 is 27.5 Å². The van der Waals surface area contributed by atoms with Crippen LogP contribution in [0.1, 0.15) is 21.6 Å². The van der Waals surface area contributed by atoms with Crippen LogP contribution in [0, 0.1) is 13.8 Å². The average Bonchev–Trinajstić information content (AvgIpc) is 2.35. The highest BCUT2D eigenvalue weighted by Crippen LogP contribution is 2.22. The van der Waals surface area contributed by atoms with Gasteiger partial charge in [-0.2, -0.15) is 0 Å². The second kappa shape index (κ2) is 5.31. The first-order chi connectivity index (χ1) is 8.59. The van der Waals surface area contributed by atoms with Gasteiger partial charge in [-0.1, -0.05) is 12.1 Å². The molecule has 0 unspecified atom stereocenters. The Morgan fingerprint density at radius 3 is 2.72 bits per heavy atom. The number of anilines is 1. The summed E-state index contributed by atoms with van der Waals surface area (Å²) >= 11 is 3.44. The van der Waals surface area contributed by atoms with Crippen molar-refractivity contribution in [1.82, 2.24) is 4.98 Å². The van der Waals surface area contributed by atoms with Gasteiger partial charge in [0, 0.05) is 10.7 Å². The number of nitrogens with one attached hydrogen (secondary N) is 1. The summed E-state index contributed by atoms with van der Waals surface area (Å²) in [6.07, 6.45) is 1.70. The largest absolute Gasteiger partial charge is 0.320 e. The number of rotatable bonds is 2. The molecule has 92 valence electrons. The van der Waals surface area contributed by atoms with Crippen molar-refractivity contribution in [2.45, 2.75) is 13.8 Å². The molecule has 2 rings (SSSR count). The van der Waals surface area contributed by atoms with E-state index >= 15 is 0 Å². The van der Waals surface area contributed by atoms with Gasteiger partial charge in [-0.25, -0.2) is 0 Å². The van der Waals surface area contributed by atoms with Gasteiger partial charge in [0.1, 0.15) is 0 Å². The van der Waals surface area contributed by atoms with E-state index in [4.69, 9.17) is 0 Å². The van der Waals surface area contributed by atoms with Gasteiger partial charge in [0.05, 0.1) is 16.9 Å². The summed E-state index contributed by atoms with van der Waals surface area (Å²) in [5.41, 5.74) is 3.19. The first kappa shape index (κ1) is 12.8. The maximum absolute atomic E-state index is 12.2. The molecular weight excluding hydrogens is 292 g/mol. The number of hydrogen-bond donors (Lipinski definition) is 1. The lowest BCUT2D eigenvalue weighted by atomic mass is 10.1. The monoisotopic (exact) mass is 304 g/mol. The van der Waals surface area contributed by atoms with E-state index in [1.165, 1.54) is 0 Å². The molecule has 0 fully saturated rings. The van der Waals surface area contributed by atoms with E-state index in [0.717, 1.165) is 21.4 Å². The molecule has 18 heavy (non-hydrogen) atoms. The van der Waals surface area contributed by atoms with Crippen LogP contribution < -0.4 is 5.32 Å². The van der Waals surface area contributed by atoms with Crippen molar-refractivity contribution < 1.29 is 4.79 Å². The Balaban J connectivity index is 2.28. The minimum absolute atomic E-state index is 0.137. The number of nitrogens with zero attached hydrogens (tertiary/aromatic N) is 1. The second-order valence-corrected chi connectivity index (χ2v) is 4.82. The predicted molar refractivity (Wildman–Crippen MR) is 75.8 cm³/mol. The summed E-state index contributed by atoms with van der Waals surface area (Å²) in [6.45, 7) is 3.82. The molecule has 0 saturated heterocycles. The fourth-order valence-electron chi connectivity index (χ4n) is 1.63. The van der Waals surface area contributed by atoms with E-state index in [1.54, 1.807) is 18.3 Å². The minimum Gasteiger partial charge on any atom is -0.320 e. The van der Waals surface area contributed by atoms with Gasteiger partial charge < -0.3 is 5.32 Å². The van der Waals surface area contributed by atoms with Gasteiger partial charge in [0.15, 0.2) is 0 Å². The van der Waals surface area contributed by atoms with Crippen LogP contribution in [0.5, 0.6) is 0 Å². The molecule has 0 saturated carbocycles. The van der Waals surface area contributed by atoms with E-state index in [9.17, 15) is 4.79 Å². The van der Waals surface area contributed by atoms with Crippen molar-refractivity contribution in [3.05, 3.63) is 57.8 Å². The predicted octanol–water partition coefficient (Wildman–Crippen LogP) is 3.71. The van der Waals surface area contributed by atoms with Crippen molar-refractivity contribution in [3.8, 4) is 0 Å². The second-order valence-electron chi connectivity index (χ2n) is 4.03. The topological polar surface area (TPSA) is 42.0 Å². The highest BCUT2D eigenvalue weighted by molar-refractivity contribution is 9.10. The van der Waals surface area contributed by atoms with Crippen LogP contribution >= 0.6 is 15.9 Å². The summed E-state index contributed by atoms with van der Waals surface area (Å²) in [5, 5.41) is 2.86. The summed E-state index contributed by atoms with van der Waals surface area (Å²) in [5.74, 6) is -0.137. The van der Waals surface area contributed by atoms with Crippen molar-refractivity contribution in [3.63, 3.8) is 0 Å². The Hall–Kier alpha value is -1.68. The molecule has 1 aromatic carbocycles. The van der Waals surface area contributed by atoms with E-state index < -0.39 is 0 Å². The summed E-state index contributed by atoms with van der Waals surface area (Å²) in [4.78, 5) is 16.3. The number of aryl methyl sites for hydroxylation is 2. The van der Waals surface area contributed by atoms with Gasteiger partial charge in [-0.05, 0) is 53.5 Å². The van der Waals surface area contributed by atoms with Gasteiger partial charge in [0.25, 0.3) is 5.91 Å². The number of carbonyl (C=O) groups excluding carboxylic acids is 1. The van der Waals surface area contributed by atoms with Gasteiger partial charge in [-0.3, -0.25) is 9.78 Å². The Kier molecular flexibility index (Phi) is 3.77. The molecule has 1 aromatic heterocycles. The molecule has 0 radical (unpaired) electrons. The van der Waals surface area contributed by atoms with E-state index in [1.807, 2.05) is 32.0 Å². The van der Waals surface area contributed by atoms with Crippen LogP contribution in [0.4, 0.5) is 5.69 Å². The Labute approximate surface area is 114 Å². The molecule has 0 aliphatic carbocycles. The zero-order chi connectivity index (χ0) is 13.1. The number of aromatic nitrogens is 1. The quantitative estimate of drug-likeness (QED) is 0.919. The third-order valence-electron chi connectivity index (χ3n) is 2.69. The zero-order valence-electron chi connectivity index (χ0n) is 10.2. The molecule has 0 aliphatic heterocycles. The molecule has 0 bridgehead atoms. The first-order valence-corrected chi connectivity index (χ1v) is 6.37. The van der Waals surface area contributed by atoms with Crippen molar-refractivity contribution in [1.29, 1.82) is 0 Å². The first-order valence-electron chi connectivity index (χ1n) is 5.57. The number of carbonyl (C=O) groups is 1. The van der Waals surface area contributed by atoms with Crippen LogP contribution in [0.25, 0.3) is 0 Å². The number of benzene rings is 1. The number of pyridine rings is 1. The highest BCUT2D eigenvalue weighted by atomic mass is 79.9. The molecule has 1 N–H and O–H groups in total. The standard InChI is InChI=1S/C14H13BrN2O/c1-9-5-3-6-11(13(9)15)14(18)17-12-7-4-8-16-10(12)2/h3-8H,1-2H3,(H,17,18). The maximum atomic E-state index is 12.2. The summed E-state index contributed by atoms with van der Waals surface area (Å²) in [7, 11) is 0. The third-order valence-corrected chi connectivity index (χ3v) is 3.74. The minimum atomic E-state index is -0.137. The van der Waals surface area contributed by atoms with Crippen LogP contribution in [0.15, 0.2) is 41.0 Å². The molecule has 0 aliphatic rings. The van der Waals surface area contributed by atoms with E-state index in [0.29, 0.717) is 5.56 Å². The fourth-order valence-corrected chi connectivity index (χ4v) is 2.07. The molecule has 4 heteroatoms. The van der Waals surface area contributed by atoms with Crippen molar-refractivity contribution in [2.75, 3.05) is 5.32 Å². The molecule has 0 atom stereocenters. The summed E-state index contributed by atoms with van der Waals surface area (Å²) < 4.78 is 0.823. The van der Waals surface area contributed by atoms with Crippen LogP contribution in [0.3, 0.4) is 0 Å². The average molecular weight is 305 g/mol. The Morgan fingerprint density at radius 2 is 2.00 bits per heavy atom. The van der Waals surface area contributed by atoms with Crippen LogP contribution in [-0.2, 0) is 0 Å². The van der Waals surface area contributed by atoms with E-state index in [-0.39, 0.29) is 5.91 Å². The highest BCUT2D eigenvalue weighted by Gasteiger charge is 2.12. The molecule has 1 amide bonds. The Bertz CT molecular complexity index is 596. The van der Waals surface area contributed by atoms with Gasteiger partial charge >= 0.3 is 0 Å². The molecule has 1 heterocycles. The zero-order valence-corrected chi connectivity index (χ0v) is 11.8.